The summed E-state index contributed by atoms with van der Waals surface area (Å²) in [7, 11) is 0. The molecule has 0 aromatic heterocycles. The molecule has 5 N–H and O–H groups in total. The second kappa shape index (κ2) is 8.25. The highest BCUT2D eigenvalue weighted by Crippen LogP contribution is 2.12. The Morgan fingerprint density at radius 1 is 1.08 bits per heavy atom. The maximum Gasteiger partial charge on any atom is 0.326 e. The number of aromatic hydroxyl groups is 1. The Labute approximate surface area is 144 Å². The molecule has 132 valence electrons. The lowest BCUT2D eigenvalue weighted by atomic mass is 10.0. The number of nitrogens with two attached hydrogens (primary N) is 1. The van der Waals surface area contributed by atoms with Crippen LogP contribution in [0.1, 0.15) is 11.1 Å². The van der Waals surface area contributed by atoms with Crippen LogP contribution < -0.4 is 11.1 Å². The molecule has 0 saturated heterocycles. The number of hydrogen-bond acceptors (Lipinski definition) is 4. The van der Waals surface area contributed by atoms with Crippen LogP contribution >= 0.6 is 0 Å². The summed E-state index contributed by atoms with van der Waals surface area (Å²) >= 11 is 0. The first-order valence-corrected chi connectivity index (χ1v) is 7.67. The van der Waals surface area contributed by atoms with E-state index < -0.39 is 29.8 Å². The van der Waals surface area contributed by atoms with Gasteiger partial charge in [-0.25, -0.2) is 9.18 Å². The lowest BCUT2D eigenvalue weighted by Gasteiger charge is -2.18. The Morgan fingerprint density at radius 3 is 2.32 bits per heavy atom. The van der Waals surface area contributed by atoms with E-state index >= 15 is 0 Å². The number of rotatable bonds is 7. The Balaban J connectivity index is 2.00. The minimum absolute atomic E-state index is 0.0950. The highest BCUT2D eigenvalue weighted by Gasteiger charge is 2.24. The summed E-state index contributed by atoms with van der Waals surface area (Å²) in [6, 6.07) is 9.72. The molecule has 2 atom stereocenters. The molecule has 2 rings (SSSR count). The van der Waals surface area contributed by atoms with Crippen LogP contribution in [-0.4, -0.2) is 34.2 Å². The third-order valence-electron chi connectivity index (χ3n) is 3.73. The van der Waals surface area contributed by atoms with Crippen molar-refractivity contribution in [2.24, 2.45) is 5.73 Å². The maximum atomic E-state index is 13.7. The monoisotopic (exact) mass is 346 g/mol. The second-order valence-corrected chi connectivity index (χ2v) is 5.67. The predicted octanol–water partition coefficient (Wildman–Crippen LogP) is 1.21. The van der Waals surface area contributed by atoms with Crippen LogP contribution in [0, 0.1) is 5.82 Å². The molecule has 7 heteroatoms. The van der Waals surface area contributed by atoms with Gasteiger partial charge in [-0.1, -0.05) is 30.3 Å². The first-order valence-electron chi connectivity index (χ1n) is 7.67. The molecule has 25 heavy (non-hydrogen) atoms. The van der Waals surface area contributed by atoms with Gasteiger partial charge in [-0.15, -0.1) is 0 Å². The van der Waals surface area contributed by atoms with E-state index in [4.69, 9.17) is 5.73 Å². The summed E-state index contributed by atoms with van der Waals surface area (Å²) < 4.78 is 13.7. The molecule has 0 aliphatic carbocycles. The molecule has 0 bridgehead atoms. The lowest BCUT2D eigenvalue weighted by Crippen LogP contribution is -2.50. The van der Waals surface area contributed by atoms with E-state index in [0.717, 1.165) is 5.56 Å². The van der Waals surface area contributed by atoms with Gasteiger partial charge >= 0.3 is 5.97 Å². The molecule has 2 aromatic carbocycles. The Bertz CT molecular complexity index is 749. The Hall–Kier alpha value is -2.93. The molecule has 2 aromatic rings. The van der Waals surface area contributed by atoms with Gasteiger partial charge in [-0.05, 0) is 35.7 Å². The quantitative estimate of drug-likeness (QED) is 0.602. The predicted molar refractivity (Wildman–Crippen MR) is 89.5 cm³/mol. The van der Waals surface area contributed by atoms with Crippen LogP contribution in [-0.2, 0) is 22.4 Å². The number of aliphatic carboxylic acids is 1. The Kier molecular flexibility index (Phi) is 6.08. The van der Waals surface area contributed by atoms with Gasteiger partial charge in [0.2, 0.25) is 5.91 Å². The number of hydrogen-bond donors (Lipinski definition) is 4. The van der Waals surface area contributed by atoms with E-state index in [-0.39, 0.29) is 24.2 Å². The number of nitrogens with one attached hydrogen (secondary N) is 1. The van der Waals surface area contributed by atoms with Crippen LogP contribution in [0.4, 0.5) is 4.39 Å². The van der Waals surface area contributed by atoms with Crippen molar-refractivity contribution in [2.75, 3.05) is 0 Å². The zero-order chi connectivity index (χ0) is 18.4. The lowest BCUT2D eigenvalue weighted by molar-refractivity contribution is -0.142. The number of phenols is 1. The molecule has 0 spiro atoms. The van der Waals surface area contributed by atoms with E-state index in [1.54, 1.807) is 18.2 Å². The maximum absolute atomic E-state index is 13.7. The minimum atomic E-state index is -1.28. The average molecular weight is 346 g/mol. The number of phenolic OH excluding ortho intramolecular Hbond substituents is 1. The Morgan fingerprint density at radius 2 is 1.72 bits per heavy atom. The second-order valence-electron chi connectivity index (χ2n) is 5.67. The van der Waals surface area contributed by atoms with Crippen LogP contribution in [0.15, 0.2) is 48.5 Å². The van der Waals surface area contributed by atoms with E-state index in [2.05, 4.69) is 5.32 Å². The van der Waals surface area contributed by atoms with Crippen molar-refractivity contribution >= 4 is 11.9 Å². The number of carboxylic acid groups (broad SMARTS) is 1. The summed E-state index contributed by atoms with van der Waals surface area (Å²) in [6.07, 6.45) is -0.00216. The van der Waals surface area contributed by atoms with Crippen molar-refractivity contribution in [1.82, 2.24) is 5.32 Å². The van der Waals surface area contributed by atoms with Crippen LogP contribution in [0.2, 0.25) is 0 Å². The van der Waals surface area contributed by atoms with E-state index in [1.165, 1.54) is 30.3 Å². The number of carboxylic acids is 1. The van der Waals surface area contributed by atoms with Crippen LogP contribution in [0.3, 0.4) is 0 Å². The van der Waals surface area contributed by atoms with Gasteiger partial charge in [0, 0.05) is 6.42 Å². The number of carbonyl (C=O) groups is 2. The number of halogens is 1. The molecule has 1 amide bonds. The zero-order valence-electron chi connectivity index (χ0n) is 13.4. The van der Waals surface area contributed by atoms with Gasteiger partial charge in [0.05, 0.1) is 6.04 Å². The van der Waals surface area contributed by atoms with Gasteiger partial charge < -0.3 is 21.3 Å². The molecule has 0 saturated carbocycles. The molecule has 0 aliphatic rings. The third kappa shape index (κ3) is 5.29. The fourth-order valence-electron chi connectivity index (χ4n) is 2.34. The standard InChI is InChI=1S/C18H19FN2O4/c19-14-4-2-1-3-12(14)10-16(18(24)25)21-17(23)15(20)9-11-5-7-13(22)8-6-11/h1-8,15-16,22H,9-10,20H2,(H,21,23)(H,24,25). The molecule has 0 heterocycles. The molecule has 0 fully saturated rings. The highest BCUT2D eigenvalue weighted by atomic mass is 19.1. The highest BCUT2D eigenvalue weighted by molar-refractivity contribution is 5.87. The van der Waals surface area contributed by atoms with E-state index in [0.29, 0.717) is 0 Å². The minimum Gasteiger partial charge on any atom is -0.508 e. The molecule has 0 aliphatic heterocycles. The summed E-state index contributed by atoms with van der Waals surface area (Å²) in [4.78, 5) is 23.5. The first kappa shape index (κ1) is 18.4. The number of amides is 1. The van der Waals surface area contributed by atoms with Gasteiger partial charge in [0.25, 0.3) is 0 Å². The molecular weight excluding hydrogens is 327 g/mol. The SMILES string of the molecule is NC(Cc1ccc(O)cc1)C(=O)NC(Cc1ccccc1F)C(=O)O. The largest absolute Gasteiger partial charge is 0.508 e. The van der Waals surface area contributed by atoms with Crippen molar-refractivity contribution < 1.29 is 24.2 Å². The van der Waals surface area contributed by atoms with Crippen LogP contribution in [0.5, 0.6) is 5.75 Å². The van der Waals surface area contributed by atoms with Crippen molar-refractivity contribution in [3.8, 4) is 5.75 Å². The van der Waals surface area contributed by atoms with Crippen LogP contribution in [0.25, 0.3) is 0 Å². The molecule has 0 radical (unpaired) electrons. The van der Waals surface area contributed by atoms with Crippen molar-refractivity contribution in [2.45, 2.75) is 24.9 Å². The van der Waals surface area contributed by atoms with Crippen molar-refractivity contribution in [1.29, 1.82) is 0 Å². The number of carbonyl (C=O) groups excluding carboxylic acids is 1. The normalized spacial score (nSPS) is 13.0. The number of benzene rings is 2. The fraction of sp³-hybridized carbons (Fsp3) is 0.222. The summed E-state index contributed by atoms with van der Waals surface area (Å²) in [5.74, 6) is -2.35. The van der Waals surface area contributed by atoms with Gasteiger partial charge in [0.1, 0.15) is 17.6 Å². The topological polar surface area (TPSA) is 113 Å². The van der Waals surface area contributed by atoms with Gasteiger partial charge in [0.15, 0.2) is 0 Å². The molecular formula is C18H19FN2O4. The summed E-state index contributed by atoms with van der Waals surface area (Å²) in [5, 5.41) is 20.9. The smallest absolute Gasteiger partial charge is 0.326 e. The van der Waals surface area contributed by atoms with Gasteiger partial charge in [-0.3, -0.25) is 4.79 Å². The van der Waals surface area contributed by atoms with E-state index in [9.17, 15) is 24.2 Å². The molecule has 2 unspecified atom stereocenters. The zero-order valence-corrected chi connectivity index (χ0v) is 13.4. The van der Waals surface area contributed by atoms with Gasteiger partial charge in [-0.2, -0.15) is 0 Å². The molecule has 6 nitrogen and oxygen atoms in total. The van der Waals surface area contributed by atoms with Crippen molar-refractivity contribution in [3.63, 3.8) is 0 Å². The van der Waals surface area contributed by atoms with Crippen molar-refractivity contribution in [3.05, 3.63) is 65.5 Å². The summed E-state index contributed by atoms with van der Waals surface area (Å²) in [6.45, 7) is 0. The first-order chi connectivity index (χ1) is 11.9. The third-order valence-corrected chi connectivity index (χ3v) is 3.73. The van der Waals surface area contributed by atoms with E-state index in [1.807, 2.05) is 0 Å². The summed E-state index contributed by atoms with van der Waals surface area (Å²) in [5.41, 5.74) is 6.74. The average Bonchev–Trinajstić information content (AvgIpc) is 2.57. The fourth-order valence-corrected chi connectivity index (χ4v) is 2.34.